The molecule has 7 N–H and O–H groups in total. The van der Waals surface area contributed by atoms with Crippen molar-refractivity contribution in [2.45, 2.75) is 47.8 Å². The van der Waals surface area contributed by atoms with Gasteiger partial charge in [-0.1, -0.05) is 245 Å². The van der Waals surface area contributed by atoms with E-state index in [1.165, 1.54) is 41.0 Å². The zero-order valence-corrected chi connectivity index (χ0v) is 82.2. The highest BCUT2D eigenvalue weighted by Crippen LogP contribution is 2.57. The molecule has 0 bridgehead atoms. The largest absolute Gasteiger partial charge is 0.399 e. The summed E-state index contributed by atoms with van der Waals surface area (Å²) in [6.07, 6.45) is 0. The predicted octanol–water partition coefficient (Wildman–Crippen LogP) is 18.8. The molecule has 9 aromatic rings. The van der Waals surface area contributed by atoms with Crippen LogP contribution in [-0.2, 0) is 47.1 Å². The molecule has 7 aliphatic carbocycles. The standard InChI is InChI=1S/C20H20ClFN2O.C19H18Cl2N2O.C15H19ClN2O.C14H17ClN2O.C14H18N2O.C13H15FN2O.C13H16N2O/c1-12-8-14(4-7-18(12)21)20(19-16-9-23-10-17(16)19)24-25-11-13-2-5-15(22)6-3-13;20-16-7-6-13(8-17(16)21)19(18-14-9-22-10-15(14)18)23-24-11-12-4-2-1-3-5-12;1-3-19-18-15(14-11-7-17-8-12(11)14)10-5-4-9(2)13(16)6-10;1-8-3-4-9(5-12(8)15)14(17-18-2)13-10-6-16-7-11(10)13;1-9-3-5-10(6-4-9)14(16-17-2)13-11-7-15-8-12(11)13;1-17-16-13(8-2-4-9(14)5-3-8)12-10-6-15-7-11(10)12;1-16-15-13(9-5-3-2-4-6-9)12-10-7-14-8-11(10)12/h2-8,16-17,19,23H,9-11H2,1H3;1-8,14-15,18,22H,9-11H2;4-6,11-12,14,17H,3,7-8H2,1-2H3;3-5,10-11,13,16H,6-7H2,1-2H3;3-6,11-13,15H,7-8H2,1-2H3;2-5,10-12,15H,6-7H2,1H3;2-6,10-12,14H,7-8H2,1H3. The second kappa shape index (κ2) is 45.5. The highest BCUT2D eigenvalue weighted by molar-refractivity contribution is 6.42. The maximum absolute atomic E-state index is 13.0. The van der Waals surface area contributed by atoms with Crippen LogP contribution >= 0.6 is 58.0 Å². The minimum Gasteiger partial charge on any atom is -0.399 e. The lowest BCUT2D eigenvalue weighted by Gasteiger charge is -2.11. The van der Waals surface area contributed by atoms with Gasteiger partial charge in [0.1, 0.15) is 59.9 Å². The minimum absolute atomic E-state index is 0.219. The van der Waals surface area contributed by atoms with Crippen molar-refractivity contribution in [1.82, 2.24) is 37.2 Å². The molecule has 28 heteroatoms. The van der Waals surface area contributed by atoms with E-state index in [9.17, 15) is 8.78 Å². The zero-order chi connectivity index (χ0) is 94.6. The summed E-state index contributed by atoms with van der Waals surface area (Å²) in [5.74, 6) is 13.1. The molecule has 7 saturated heterocycles. The zero-order valence-electron chi connectivity index (χ0n) is 78.4. The van der Waals surface area contributed by atoms with Crippen molar-refractivity contribution >= 4 is 98.0 Å². The number of oxime groups is 7. The molecule has 0 aromatic heterocycles. The molecule has 14 atom stereocenters. The molecule has 9 aromatic carbocycles. The summed E-state index contributed by atoms with van der Waals surface area (Å²) in [4.78, 5) is 36.6. The van der Waals surface area contributed by atoms with Crippen LogP contribution in [0.3, 0.4) is 0 Å². The van der Waals surface area contributed by atoms with Gasteiger partial charge in [0.2, 0.25) is 0 Å². The molecule has 0 radical (unpaired) electrons. The number of nitrogens with one attached hydrogen (secondary N) is 7. The fourth-order valence-electron chi connectivity index (χ4n) is 21.9. The van der Waals surface area contributed by atoms with E-state index in [4.69, 9.17) is 91.9 Å². The third-order valence-corrected chi connectivity index (χ3v) is 31.6. The average Bonchev–Trinajstić information content (AvgIpc) is 1.64. The van der Waals surface area contributed by atoms with Crippen LogP contribution in [0.1, 0.15) is 79.2 Å². The van der Waals surface area contributed by atoms with Crippen molar-refractivity contribution in [3.8, 4) is 0 Å². The lowest BCUT2D eigenvalue weighted by molar-refractivity contribution is 0.129. The van der Waals surface area contributed by atoms with Crippen molar-refractivity contribution in [2.24, 2.45) is 160 Å². The van der Waals surface area contributed by atoms with Gasteiger partial charge in [0.05, 0.1) is 50.0 Å². The van der Waals surface area contributed by atoms with Crippen LogP contribution < -0.4 is 37.2 Å². The molecule has 23 rings (SSSR count). The van der Waals surface area contributed by atoms with Crippen LogP contribution in [-0.4, -0.2) is 167 Å². The maximum atomic E-state index is 13.0. The van der Waals surface area contributed by atoms with Gasteiger partial charge < -0.3 is 71.1 Å². The van der Waals surface area contributed by atoms with E-state index in [2.05, 4.69) is 153 Å². The Kier molecular flexibility index (Phi) is 32.8. The summed E-state index contributed by atoms with van der Waals surface area (Å²) in [5.41, 5.74) is 21.5. The van der Waals surface area contributed by atoms with Gasteiger partial charge in [-0.15, -0.1) is 0 Å². The van der Waals surface area contributed by atoms with Gasteiger partial charge in [0.15, 0.2) is 0 Å². The first-order chi connectivity index (χ1) is 66.3. The molecule has 716 valence electrons. The van der Waals surface area contributed by atoms with Crippen LogP contribution in [0.15, 0.2) is 242 Å². The number of rotatable bonds is 26. The molecular formula is C108H123Cl5F2N14O7. The van der Waals surface area contributed by atoms with Crippen LogP contribution in [0.25, 0.3) is 0 Å². The number of aryl methyl sites for hydroxylation is 4. The Morgan fingerprint density at radius 2 is 0.522 bits per heavy atom. The third-order valence-electron chi connectivity index (χ3n) is 29.6. The molecule has 0 amide bonds. The van der Waals surface area contributed by atoms with E-state index in [1.807, 2.05) is 113 Å². The average molecular weight is 1940 g/mol. The molecule has 7 heterocycles. The molecule has 21 nitrogen and oxygen atoms in total. The van der Waals surface area contributed by atoms with Gasteiger partial charge >= 0.3 is 0 Å². The maximum Gasteiger partial charge on any atom is 0.142 e. The van der Waals surface area contributed by atoms with Gasteiger partial charge in [0, 0.05) is 73.2 Å². The van der Waals surface area contributed by atoms with Crippen molar-refractivity contribution < 1.29 is 42.6 Å². The van der Waals surface area contributed by atoms with E-state index in [0.29, 0.717) is 107 Å². The molecule has 7 aliphatic heterocycles. The first-order valence-corrected chi connectivity index (χ1v) is 49.6. The van der Waals surface area contributed by atoms with Crippen molar-refractivity contribution in [1.29, 1.82) is 0 Å². The summed E-state index contributed by atoms with van der Waals surface area (Å²) in [6, 6.07) is 65.7. The van der Waals surface area contributed by atoms with Gasteiger partial charge in [-0.05, 0) is 320 Å². The number of fused-ring (bicyclic) bond motifs is 7. The minimum atomic E-state index is -0.247. The summed E-state index contributed by atoms with van der Waals surface area (Å²) in [7, 11) is 6.41. The van der Waals surface area contributed by atoms with Crippen LogP contribution in [0.5, 0.6) is 0 Å². The number of hydrogen-bond acceptors (Lipinski definition) is 21. The van der Waals surface area contributed by atoms with Gasteiger partial charge in [-0.25, -0.2) is 8.78 Å². The predicted molar refractivity (Wildman–Crippen MR) is 540 cm³/mol. The van der Waals surface area contributed by atoms with E-state index >= 15 is 0 Å². The molecule has 14 unspecified atom stereocenters. The lowest BCUT2D eigenvalue weighted by Crippen LogP contribution is -2.20. The Morgan fingerprint density at radius 1 is 0.265 bits per heavy atom. The topological polar surface area (TPSA) is 235 Å². The summed E-state index contributed by atoms with van der Waals surface area (Å²) < 4.78 is 25.9. The van der Waals surface area contributed by atoms with Gasteiger partial charge in [-0.3, -0.25) is 0 Å². The number of halogens is 7. The first kappa shape index (κ1) is 97.9. The van der Waals surface area contributed by atoms with Gasteiger partial charge in [0.25, 0.3) is 0 Å². The SMILES string of the molecule is CCON=C(c1ccc(C)c(Cl)c1)C1C2CNCC21.CON=C(c1ccc(C)c(Cl)c1)C1C2CNCC21.CON=C(c1ccc(C)cc1)C1C2CNCC21.CON=C(c1ccc(F)cc1)C1C2CNCC21.CON=C(c1ccccc1)C1C2CNCC21.Cc1cc(C(=NOCc2ccc(F)cc2)C2C3CNCC32)ccc1Cl.Clc1ccc(C(=NOCc2ccccc2)C2C3CNCC32)cc1Cl. The fraction of sp³-hybridized carbons (Fsp3) is 0.435. The Hall–Kier alpha value is -9.70. The Morgan fingerprint density at radius 3 is 0.838 bits per heavy atom. The summed E-state index contributed by atoms with van der Waals surface area (Å²) >= 11 is 30.8. The fourth-order valence-corrected chi connectivity index (χ4v) is 22.6. The second-order valence-electron chi connectivity index (χ2n) is 38.0. The first-order valence-electron chi connectivity index (χ1n) is 47.8. The number of nitrogens with zero attached hydrogens (tertiary/aromatic N) is 7. The molecule has 7 saturated carbocycles. The quantitative estimate of drug-likeness (QED) is 0.0197. The molecule has 14 fully saturated rings. The van der Waals surface area contributed by atoms with Crippen molar-refractivity contribution in [3.63, 3.8) is 0 Å². The highest BCUT2D eigenvalue weighted by atomic mass is 35.5. The van der Waals surface area contributed by atoms with E-state index in [-0.39, 0.29) is 11.6 Å². The number of hydrogen-bond donors (Lipinski definition) is 7. The summed E-state index contributed by atoms with van der Waals surface area (Å²) in [5, 5.41) is 57.5. The molecule has 0 spiro atoms. The van der Waals surface area contributed by atoms with E-state index in [0.717, 1.165) is 250 Å². The monoisotopic (exact) mass is 1940 g/mol. The van der Waals surface area contributed by atoms with Crippen molar-refractivity contribution in [3.05, 3.63) is 315 Å². The normalized spacial score (nSPS) is 28.7. The van der Waals surface area contributed by atoms with Crippen LogP contribution in [0.2, 0.25) is 25.1 Å². The molecular weight excluding hydrogens is 1820 g/mol. The molecule has 14 aliphatic rings. The second-order valence-corrected chi connectivity index (χ2v) is 40.0. The van der Waals surface area contributed by atoms with Crippen molar-refractivity contribution in [2.75, 3.05) is 127 Å². The number of piperidine rings is 7. The van der Waals surface area contributed by atoms with Crippen LogP contribution in [0, 0.1) is 164 Å². The highest BCUT2D eigenvalue weighted by Gasteiger charge is 2.61. The van der Waals surface area contributed by atoms with E-state index < -0.39 is 0 Å². The Bertz CT molecular complexity index is 5670. The van der Waals surface area contributed by atoms with Crippen LogP contribution in [0.4, 0.5) is 8.78 Å². The Labute approximate surface area is 822 Å². The lowest BCUT2D eigenvalue weighted by atomic mass is 10.0. The van der Waals surface area contributed by atoms with Gasteiger partial charge in [-0.2, -0.15) is 0 Å². The Balaban J connectivity index is 0.000000111. The summed E-state index contributed by atoms with van der Waals surface area (Å²) in [6.45, 7) is 26.7. The third kappa shape index (κ3) is 23.4. The smallest absolute Gasteiger partial charge is 0.142 e. The number of benzene rings is 9. The molecule has 136 heavy (non-hydrogen) atoms. The van der Waals surface area contributed by atoms with E-state index in [1.54, 1.807) is 52.7 Å².